The first kappa shape index (κ1) is 21.0. The molecule has 0 saturated carbocycles. The molecule has 0 aliphatic carbocycles. The van der Waals surface area contributed by atoms with E-state index in [4.69, 9.17) is 9.47 Å². The third-order valence-corrected chi connectivity index (χ3v) is 5.01. The van der Waals surface area contributed by atoms with Gasteiger partial charge in [-0.2, -0.15) is 0 Å². The number of aromatic nitrogens is 1. The topological polar surface area (TPSA) is 60.8 Å². The number of rotatable bonds is 6. The van der Waals surface area contributed by atoms with Crippen molar-refractivity contribution < 1.29 is 18.7 Å². The molecule has 2 aromatic rings. The van der Waals surface area contributed by atoms with E-state index in [9.17, 15) is 14.0 Å². The molecule has 1 aromatic heterocycles. The molecule has 7 heteroatoms. The number of carbonyl (C=O) groups excluding carboxylic acids is 1. The molecule has 0 amide bonds. The Morgan fingerprint density at radius 2 is 1.90 bits per heavy atom. The molecule has 0 atom stereocenters. The molecule has 1 aliphatic heterocycles. The lowest BCUT2D eigenvalue weighted by Crippen LogP contribution is -2.31. The van der Waals surface area contributed by atoms with Crippen molar-refractivity contribution in [3.8, 4) is 5.75 Å². The van der Waals surface area contributed by atoms with Crippen LogP contribution in [0.1, 0.15) is 35.5 Å². The monoisotopic (exact) mass is 402 g/mol. The summed E-state index contributed by atoms with van der Waals surface area (Å²) in [6.45, 7) is 7.39. The Bertz CT molecular complexity index is 922. The highest BCUT2D eigenvalue weighted by Crippen LogP contribution is 2.25. The Morgan fingerprint density at radius 1 is 1.17 bits per heavy atom. The molecule has 0 radical (unpaired) electrons. The van der Waals surface area contributed by atoms with Crippen molar-refractivity contribution in [3.05, 3.63) is 63.3 Å². The zero-order valence-corrected chi connectivity index (χ0v) is 17.1. The zero-order chi connectivity index (χ0) is 21.0. The number of esters is 1. The van der Waals surface area contributed by atoms with Crippen molar-refractivity contribution in [2.75, 3.05) is 26.7 Å². The molecular formula is C22H27FN2O4. The van der Waals surface area contributed by atoms with Crippen LogP contribution in [0.25, 0.3) is 0 Å². The van der Waals surface area contributed by atoms with Crippen LogP contribution >= 0.6 is 0 Å². The van der Waals surface area contributed by atoms with Crippen LogP contribution in [-0.2, 0) is 24.3 Å². The van der Waals surface area contributed by atoms with E-state index in [2.05, 4.69) is 18.7 Å². The number of halogens is 1. The minimum atomic E-state index is -0.528. The predicted octanol–water partition coefficient (Wildman–Crippen LogP) is 2.87. The van der Waals surface area contributed by atoms with Crippen molar-refractivity contribution in [2.24, 2.45) is 5.92 Å². The molecule has 0 fully saturated rings. The molecule has 6 nitrogen and oxygen atoms in total. The molecule has 0 spiro atoms. The average Bonchev–Trinajstić information content (AvgIpc) is 2.90. The predicted molar refractivity (Wildman–Crippen MR) is 108 cm³/mol. The van der Waals surface area contributed by atoms with Gasteiger partial charge in [0.2, 0.25) is 0 Å². The standard InChI is InChI=1S/C22H27FN2O4/c1-15(2)13-24-9-8-18-21(22(27)28-3)19(12-20(26)25(18)11-10-24)29-14-16-4-6-17(23)7-5-16/h4-7,12,15H,8-11,13-14H2,1-3H3. The summed E-state index contributed by atoms with van der Waals surface area (Å²) >= 11 is 0. The van der Waals surface area contributed by atoms with Crippen LogP contribution in [0.2, 0.25) is 0 Å². The lowest BCUT2D eigenvalue weighted by Gasteiger charge is -2.21. The number of hydrogen-bond donors (Lipinski definition) is 0. The van der Waals surface area contributed by atoms with Gasteiger partial charge < -0.3 is 18.9 Å². The van der Waals surface area contributed by atoms with Gasteiger partial charge in [0.15, 0.2) is 0 Å². The summed E-state index contributed by atoms with van der Waals surface area (Å²) < 4.78 is 25.6. The van der Waals surface area contributed by atoms with Crippen molar-refractivity contribution in [3.63, 3.8) is 0 Å². The molecule has 0 saturated heterocycles. The number of fused-ring (bicyclic) bond motifs is 1. The first-order valence-electron chi connectivity index (χ1n) is 9.83. The second-order valence-corrected chi connectivity index (χ2v) is 7.67. The maximum Gasteiger partial charge on any atom is 0.343 e. The van der Waals surface area contributed by atoms with Crippen molar-refractivity contribution >= 4 is 5.97 Å². The smallest absolute Gasteiger partial charge is 0.343 e. The lowest BCUT2D eigenvalue weighted by atomic mass is 10.1. The fourth-order valence-corrected chi connectivity index (χ4v) is 3.67. The average molecular weight is 402 g/mol. The zero-order valence-electron chi connectivity index (χ0n) is 17.1. The van der Waals surface area contributed by atoms with E-state index in [0.717, 1.165) is 25.2 Å². The van der Waals surface area contributed by atoms with Gasteiger partial charge in [0, 0.05) is 44.4 Å². The number of pyridine rings is 1. The fourth-order valence-electron chi connectivity index (χ4n) is 3.67. The molecule has 1 aromatic carbocycles. The van der Waals surface area contributed by atoms with E-state index < -0.39 is 5.97 Å². The van der Waals surface area contributed by atoms with Crippen LogP contribution in [0.4, 0.5) is 4.39 Å². The molecule has 3 rings (SSSR count). The highest BCUT2D eigenvalue weighted by atomic mass is 19.1. The molecular weight excluding hydrogens is 375 g/mol. The molecule has 29 heavy (non-hydrogen) atoms. The number of benzene rings is 1. The summed E-state index contributed by atoms with van der Waals surface area (Å²) in [5, 5.41) is 0. The molecule has 1 aliphatic rings. The maximum absolute atomic E-state index is 13.1. The van der Waals surface area contributed by atoms with Gasteiger partial charge >= 0.3 is 5.97 Å². The van der Waals surface area contributed by atoms with Gasteiger partial charge in [-0.1, -0.05) is 26.0 Å². The SMILES string of the molecule is COC(=O)c1c(OCc2ccc(F)cc2)cc(=O)n2c1CCN(CC(C)C)CC2. The van der Waals surface area contributed by atoms with Crippen LogP contribution in [0.5, 0.6) is 5.75 Å². The Kier molecular flexibility index (Phi) is 6.69. The first-order valence-corrected chi connectivity index (χ1v) is 9.83. The van der Waals surface area contributed by atoms with Gasteiger partial charge in [-0.25, -0.2) is 9.18 Å². The summed E-state index contributed by atoms with van der Waals surface area (Å²) in [7, 11) is 1.32. The Balaban J connectivity index is 1.93. The normalized spacial score (nSPS) is 14.4. The minimum absolute atomic E-state index is 0.118. The quantitative estimate of drug-likeness (QED) is 0.696. The van der Waals surface area contributed by atoms with Gasteiger partial charge in [-0.05, 0) is 23.6 Å². The number of methoxy groups -OCH3 is 1. The van der Waals surface area contributed by atoms with Crippen LogP contribution in [0.3, 0.4) is 0 Å². The number of nitrogens with zero attached hydrogens (tertiary/aromatic N) is 2. The Hall–Kier alpha value is -2.67. The largest absolute Gasteiger partial charge is 0.488 e. The summed E-state index contributed by atoms with van der Waals surface area (Å²) in [6, 6.07) is 7.24. The second kappa shape index (κ2) is 9.22. The van der Waals surface area contributed by atoms with Crippen molar-refractivity contribution in [1.29, 1.82) is 0 Å². The number of ether oxygens (including phenoxy) is 2. The maximum atomic E-state index is 13.1. The van der Waals surface area contributed by atoms with E-state index in [-0.39, 0.29) is 23.7 Å². The minimum Gasteiger partial charge on any atom is -0.488 e. The summed E-state index contributed by atoms with van der Waals surface area (Å²) in [4.78, 5) is 27.6. The Labute approximate surface area is 169 Å². The van der Waals surface area contributed by atoms with Crippen LogP contribution < -0.4 is 10.3 Å². The van der Waals surface area contributed by atoms with Gasteiger partial charge in [0.25, 0.3) is 5.56 Å². The van der Waals surface area contributed by atoms with E-state index in [1.807, 2.05) is 0 Å². The van der Waals surface area contributed by atoms with Gasteiger partial charge in [0.1, 0.15) is 23.7 Å². The fraction of sp³-hybridized carbons (Fsp3) is 0.455. The highest BCUT2D eigenvalue weighted by molar-refractivity contribution is 5.93. The molecule has 2 heterocycles. The molecule has 0 bridgehead atoms. The van der Waals surface area contributed by atoms with Gasteiger partial charge in [-0.15, -0.1) is 0 Å². The second-order valence-electron chi connectivity index (χ2n) is 7.67. The van der Waals surface area contributed by atoms with Crippen molar-refractivity contribution in [2.45, 2.75) is 33.4 Å². The molecule has 0 unspecified atom stereocenters. The number of hydrogen-bond acceptors (Lipinski definition) is 5. The summed E-state index contributed by atoms with van der Waals surface area (Å²) in [5.74, 6) is -0.143. The van der Waals surface area contributed by atoms with Crippen LogP contribution in [0.15, 0.2) is 35.1 Å². The highest BCUT2D eigenvalue weighted by Gasteiger charge is 2.26. The van der Waals surface area contributed by atoms with Crippen LogP contribution in [-0.4, -0.2) is 42.2 Å². The third-order valence-electron chi connectivity index (χ3n) is 5.01. The van der Waals surface area contributed by atoms with E-state index >= 15 is 0 Å². The third kappa shape index (κ3) is 5.03. The molecule has 0 N–H and O–H groups in total. The van der Waals surface area contributed by atoms with Crippen LogP contribution in [0, 0.1) is 11.7 Å². The van der Waals surface area contributed by atoms with Crippen molar-refractivity contribution in [1.82, 2.24) is 9.47 Å². The number of carbonyl (C=O) groups is 1. The molecule has 156 valence electrons. The van der Waals surface area contributed by atoms with Gasteiger partial charge in [0.05, 0.1) is 7.11 Å². The summed E-state index contributed by atoms with van der Waals surface area (Å²) in [6.07, 6.45) is 0.556. The van der Waals surface area contributed by atoms with E-state index in [0.29, 0.717) is 30.1 Å². The van der Waals surface area contributed by atoms with Gasteiger partial charge in [-0.3, -0.25) is 4.79 Å². The first-order chi connectivity index (χ1) is 13.9. The summed E-state index contributed by atoms with van der Waals surface area (Å²) in [5.41, 5.74) is 1.47. The van der Waals surface area contributed by atoms with E-state index in [1.165, 1.54) is 25.3 Å². The Morgan fingerprint density at radius 3 is 2.55 bits per heavy atom. The van der Waals surface area contributed by atoms with E-state index in [1.54, 1.807) is 16.7 Å². The lowest BCUT2D eigenvalue weighted by molar-refractivity contribution is 0.0592.